The molecule has 3 rings (SSSR count). The molecule has 1 heterocycles. The quantitative estimate of drug-likeness (QED) is 0.385. The van der Waals surface area contributed by atoms with Crippen LogP contribution in [0.4, 0.5) is 13.2 Å². The van der Waals surface area contributed by atoms with Gasteiger partial charge in [-0.2, -0.15) is 13.2 Å². The zero-order valence-corrected chi connectivity index (χ0v) is 12.0. The predicted octanol–water partition coefficient (Wildman–Crippen LogP) is 4.16. The minimum atomic E-state index is -4.49. The molecule has 3 aromatic rings. The van der Waals surface area contributed by atoms with Crippen molar-refractivity contribution < 1.29 is 18.0 Å². The van der Waals surface area contributed by atoms with Gasteiger partial charge in [0.25, 0.3) is 5.52 Å². The Hall–Kier alpha value is -2.37. The molecule has 0 aliphatic rings. The molecule has 0 spiro atoms. The summed E-state index contributed by atoms with van der Waals surface area (Å²) in [4.78, 5) is 0.252. The summed E-state index contributed by atoms with van der Waals surface area (Å²) in [6.45, 7) is 4.05. The summed E-state index contributed by atoms with van der Waals surface area (Å²) < 4.78 is 38.4. The van der Waals surface area contributed by atoms with Crippen LogP contribution in [0.5, 0.6) is 0 Å². The molecule has 0 aliphatic heterocycles. The number of alkyl halides is 3. The molecular formula is C16H13F3N2O. The summed E-state index contributed by atoms with van der Waals surface area (Å²) in [5.74, 6) is 0.272. The molecule has 114 valence electrons. The lowest BCUT2D eigenvalue weighted by atomic mass is 9.99. The first kappa shape index (κ1) is 14.6. The maximum absolute atomic E-state index is 12.8. The largest absolute Gasteiger partial charge is 0.594 e. The lowest BCUT2D eigenvalue weighted by Gasteiger charge is -2.10. The van der Waals surface area contributed by atoms with E-state index in [4.69, 9.17) is 0 Å². The number of fused-ring (bicyclic) bond motifs is 3. The smallest absolute Gasteiger partial charge is 0.416 e. The van der Waals surface area contributed by atoms with E-state index in [0.29, 0.717) is 16.3 Å². The molecule has 2 aromatic carbocycles. The molecule has 0 atom stereocenters. The van der Waals surface area contributed by atoms with Crippen LogP contribution in [0.25, 0.3) is 21.8 Å². The summed E-state index contributed by atoms with van der Waals surface area (Å²) in [7, 11) is 0. The Morgan fingerprint density at radius 3 is 2.41 bits per heavy atom. The molecule has 6 heteroatoms. The van der Waals surface area contributed by atoms with Crippen molar-refractivity contribution in [2.45, 2.75) is 25.9 Å². The van der Waals surface area contributed by atoms with Gasteiger partial charge in [0.15, 0.2) is 0 Å². The van der Waals surface area contributed by atoms with E-state index in [1.165, 1.54) is 6.07 Å². The fourth-order valence-electron chi connectivity index (χ4n) is 2.46. The van der Waals surface area contributed by atoms with Crippen molar-refractivity contribution in [3.05, 3.63) is 52.7 Å². The number of rotatable bonds is 1. The first-order chi connectivity index (χ1) is 10.3. The average molecular weight is 306 g/mol. The van der Waals surface area contributed by atoms with Crippen molar-refractivity contribution in [2.75, 3.05) is 0 Å². The highest BCUT2D eigenvalue weighted by Gasteiger charge is 2.32. The Bertz CT molecular complexity index is 873. The fourth-order valence-corrected chi connectivity index (χ4v) is 2.46. The third-order valence-electron chi connectivity index (χ3n) is 3.71. The van der Waals surface area contributed by atoms with Gasteiger partial charge in [0.2, 0.25) is 0 Å². The highest BCUT2D eigenvalue weighted by Crippen LogP contribution is 2.32. The molecule has 0 N–H and O–H groups in total. The Kier molecular flexibility index (Phi) is 3.20. The van der Waals surface area contributed by atoms with Gasteiger partial charge in [-0.05, 0) is 40.6 Å². The zero-order valence-electron chi connectivity index (χ0n) is 12.0. The standard InChI is InChI=1S/C16H13F3N2O/c1-9(2)10-3-6-14-13(7-10)12-5-4-11(16(17,18)19)8-15(12)21(22)20-14/h3-9H,1-2H3. The monoisotopic (exact) mass is 306 g/mol. The highest BCUT2D eigenvalue weighted by molar-refractivity contribution is 6.02. The van der Waals surface area contributed by atoms with Crippen LogP contribution in [-0.2, 0) is 6.18 Å². The third kappa shape index (κ3) is 2.34. The lowest BCUT2D eigenvalue weighted by Crippen LogP contribution is -2.32. The van der Waals surface area contributed by atoms with Crippen molar-refractivity contribution in [3.8, 4) is 0 Å². The maximum atomic E-state index is 12.8. The number of hydrogen-bond acceptors (Lipinski definition) is 2. The van der Waals surface area contributed by atoms with Gasteiger partial charge in [-0.1, -0.05) is 19.9 Å². The molecule has 0 saturated heterocycles. The molecule has 0 aliphatic carbocycles. The van der Waals surface area contributed by atoms with Crippen molar-refractivity contribution in [2.24, 2.45) is 0 Å². The molecule has 0 radical (unpaired) electrons. The van der Waals surface area contributed by atoms with Gasteiger partial charge in [-0.25, -0.2) is 0 Å². The molecule has 0 unspecified atom stereocenters. The first-order valence-corrected chi connectivity index (χ1v) is 6.82. The minimum absolute atomic E-state index is 0.0803. The van der Waals surface area contributed by atoms with E-state index in [2.05, 4.69) is 5.10 Å². The Morgan fingerprint density at radius 2 is 1.77 bits per heavy atom. The second-order valence-corrected chi connectivity index (χ2v) is 5.53. The summed E-state index contributed by atoms with van der Waals surface area (Å²) in [6, 6.07) is 8.63. The Balaban J connectivity index is 2.37. The lowest BCUT2D eigenvalue weighted by molar-refractivity contribution is -0.640. The van der Waals surface area contributed by atoms with Gasteiger partial charge in [-0.15, -0.1) is 0 Å². The van der Waals surface area contributed by atoms with Crippen LogP contribution < -0.4 is 4.85 Å². The topological polar surface area (TPSA) is 39.8 Å². The minimum Gasteiger partial charge on any atom is -0.594 e. The van der Waals surface area contributed by atoms with E-state index in [-0.39, 0.29) is 16.3 Å². The molecular weight excluding hydrogens is 293 g/mol. The Labute approximate surface area is 124 Å². The second-order valence-electron chi connectivity index (χ2n) is 5.53. The van der Waals surface area contributed by atoms with Crippen LogP contribution in [0.3, 0.4) is 0 Å². The summed E-state index contributed by atoms with van der Waals surface area (Å²) >= 11 is 0. The van der Waals surface area contributed by atoms with E-state index in [9.17, 15) is 18.4 Å². The first-order valence-electron chi connectivity index (χ1n) is 6.82. The predicted molar refractivity (Wildman–Crippen MR) is 77.3 cm³/mol. The number of hydrogen-bond donors (Lipinski definition) is 0. The van der Waals surface area contributed by atoms with Crippen LogP contribution in [0.2, 0.25) is 0 Å². The molecule has 0 saturated carbocycles. The normalized spacial score (nSPS) is 12.5. The molecule has 1 aromatic heterocycles. The van der Waals surface area contributed by atoms with Crippen LogP contribution in [0, 0.1) is 5.21 Å². The molecule has 22 heavy (non-hydrogen) atoms. The van der Waals surface area contributed by atoms with E-state index in [1.54, 1.807) is 6.07 Å². The average Bonchev–Trinajstić information content (AvgIpc) is 2.45. The van der Waals surface area contributed by atoms with E-state index in [1.807, 2.05) is 26.0 Å². The van der Waals surface area contributed by atoms with Crippen LogP contribution >= 0.6 is 0 Å². The van der Waals surface area contributed by atoms with Crippen LogP contribution in [0.15, 0.2) is 36.4 Å². The molecule has 0 fully saturated rings. The Morgan fingerprint density at radius 1 is 1.05 bits per heavy atom. The summed E-state index contributed by atoms with van der Waals surface area (Å²) in [6.07, 6.45) is -4.49. The summed E-state index contributed by atoms with van der Waals surface area (Å²) in [5.41, 5.74) is 0.569. The van der Waals surface area contributed by atoms with Crippen LogP contribution in [-0.4, -0.2) is 5.10 Å². The fraction of sp³-hybridized carbons (Fsp3) is 0.250. The summed E-state index contributed by atoms with van der Waals surface area (Å²) in [5, 5.41) is 16.9. The van der Waals surface area contributed by atoms with Gasteiger partial charge in [0.05, 0.1) is 10.9 Å². The highest BCUT2D eigenvalue weighted by atomic mass is 19.4. The van der Waals surface area contributed by atoms with Gasteiger partial charge >= 0.3 is 6.18 Å². The van der Waals surface area contributed by atoms with E-state index < -0.39 is 11.7 Å². The van der Waals surface area contributed by atoms with Gasteiger partial charge in [-0.3, -0.25) is 0 Å². The van der Waals surface area contributed by atoms with Gasteiger partial charge in [0, 0.05) is 16.6 Å². The molecule has 0 amide bonds. The third-order valence-corrected chi connectivity index (χ3v) is 3.71. The maximum Gasteiger partial charge on any atom is 0.416 e. The molecule has 3 nitrogen and oxygen atoms in total. The van der Waals surface area contributed by atoms with E-state index >= 15 is 0 Å². The number of benzene rings is 2. The van der Waals surface area contributed by atoms with Gasteiger partial charge < -0.3 is 5.21 Å². The van der Waals surface area contributed by atoms with Crippen molar-refractivity contribution in [1.82, 2.24) is 5.10 Å². The molecule has 0 bridgehead atoms. The second kappa shape index (κ2) is 4.83. The van der Waals surface area contributed by atoms with E-state index in [0.717, 1.165) is 17.7 Å². The van der Waals surface area contributed by atoms with Crippen molar-refractivity contribution >= 4 is 21.8 Å². The zero-order chi connectivity index (χ0) is 16.1. The SMILES string of the molecule is CC(C)c1ccc2n[n+]([O-])c3cc(C(F)(F)F)ccc3c2c1. The van der Waals surface area contributed by atoms with Crippen molar-refractivity contribution in [3.63, 3.8) is 0 Å². The number of nitrogens with zero attached hydrogens (tertiary/aromatic N) is 2. The van der Waals surface area contributed by atoms with Gasteiger partial charge in [0.1, 0.15) is 5.52 Å². The number of halogens is 3. The number of aromatic nitrogens is 2. The van der Waals surface area contributed by atoms with Crippen LogP contribution in [0.1, 0.15) is 30.9 Å². The van der Waals surface area contributed by atoms with Crippen molar-refractivity contribution in [1.29, 1.82) is 0 Å².